The summed E-state index contributed by atoms with van der Waals surface area (Å²) in [5.74, 6) is -0.964. The summed E-state index contributed by atoms with van der Waals surface area (Å²) in [4.78, 5) is 23.1. The van der Waals surface area contributed by atoms with Gasteiger partial charge in [0.2, 0.25) is 5.91 Å². The summed E-state index contributed by atoms with van der Waals surface area (Å²) in [6, 6.07) is -0.609. The molecule has 0 aromatic carbocycles. The second-order valence-corrected chi connectivity index (χ2v) is 3.26. The van der Waals surface area contributed by atoms with E-state index in [1.54, 1.807) is 0 Å². The average Bonchev–Trinajstić information content (AvgIpc) is 2.30. The van der Waals surface area contributed by atoms with Crippen molar-refractivity contribution >= 4 is 11.9 Å². The molecule has 0 aliphatic carbocycles. The molecule has 68 valence electrons. The Balaban J connectivity index is 2.77. The van der Waals surface area contributed by atoms with Crippen LogP contribution in [0.5, 0.6) is 0 Å². The van der Waals surface area contributed by atoms with Gasteiger partial charge in [-0.15, -0.1) is 0 Å². The Kier molecular flexibility index (Phi) is 2.35. The van der Waals surface area contributed by atoms with Gasteiger partial charge in [-0.05, 0) is 12.3 Å². The maximum Gasteiger partial charge on any atom is 0.326 e. The van der Waals surface area contributed by atoms with Crippen molar-refractivity contribution < 1.29 is 14.7 Å². The number of hydrogen-bond acceptors (Lipinski definition) is 2. The second kappa shape index (κ2) is 3.13. The molecular formula is C8H13NO3. The maximum atomic E-state index is 11.0. The van der Waals surface area contributed by atoms with Crippen molar-refractivity contribution in [3.05, 3.63) is 0 Å². The lowest BCUT2D eigenvalue weighted by atomic mass is 10.0. The molecule has 0 aromatic rings. The molecule has 1 heterocycles. The Hall–Kier alpha value is -1.06. The molecule has 0 saturated carbocycles. The minimum Gasteiger partial charge on any atom is -0.480 e. The predicted molar refractivity (Wildman–Crippen MR) is 42.6 cm³/mol. The largest absolute Gasteiger partial charge is 0.480 e. The lowest BCUT2D eigenvalue weighted by molar-refractivity contribution is -0.148. The molecule has 4 nitrogen and oxygen atoms in total. The van der Waals surface area contributed by atoms with E-state index in [2.05, 4.69) is 0 Å². The van der Waals surface area contributed by atoms with Crippen molar-refractivity contribution in [2.45, 2.75) is 26.3 Å². The minimum absolute atomic E-state index is 0.0754. The molecule has 1 fully saturated rings. The third-order valence-corrected chi connectivity index (χ3v) is 2.36. The molecule has 1 saturated heterocycles. The molecule has 2 atom stereocenters. The van der Waals surface area contributed by atoms with E-state index in [0.717, 1.165) is 6.42 Å². The summed E-state index contributed by atoms with van der Waals surface area (Å²) < 4.78 is 0. The first-order valence-electron chi connectivity index (χ1n) is 4.04. The normalized spacial score (nSPS) is 29.0. The van der Waals surface area contributed by atoms with Crippen LogP contribution in [0.15, 0.2) is 0 Å². The summed E-state index contributed by atoms with van der Waals surface area (Å²) in [5.41, 5.74) is 0. The van der Waals surface area contributed by atoms with E-state index in [1.165, 1.54) is 11.8 Å². The molecule has 1 N–H and O–H groups in total. The van der Waals surface area contributed by atoms with Gasteiger partial charge in [0.05, 0.1) is 0 Å². The number of aliphatic carboxylic acids is 1. The fraction of sp³-hybridized carbons (Fsp3) is 0.750. The van der Waals surface area contributed by atoms with E-state index in [-0.39, 0.29) is 11.8 Å². The van der Waals surface area contributed by atoms with E-state index in [0.29, 0.717) is 6.54 Å². The zero-order valence-electron chi connectivity index (χ0n) is 7.28. The van der Waals surface area contributed by atoms with Gasteiger partial charge in [-0.3, -0.25) is 4.79 Å². The van der Waals surface area contributed by atoms with Crippen LogP contribution >= 0.6 is 0 Å². The SMILES string of the molecule is CC(=O)N1CC[C@H](C)[C@H]1C(=O)O. The molecule has 1 amide bonds. The number of likely N-dealkylation sites (tertiary alicyclic amines) is 1. The van der Waals surface area contributed by atoms with E-state index in [9.17, 15) is 9.59 Å². The Labute approximate surface area is 71.2 Å². The van der Waals surface area contributed by atoms with E-state index < -0.39 is 12.0 Å². The number of hydrogen-bond donors (Lipinski definition) is 1. The molecule has 1 rings (SSSR count). The lowest BCUT2D eigenvalue weighted by Crippen LogP contribution is -2.41. The van der Waals surface area contributed by atoms with Crippen molar-refractivity contribution in [1.29, 1.82) is 0 Å². The van der Waals surface area contributed by atoms with E-state index >= 15 is 0 Å². The standard InChI is InChI=1S/C8H13NO3/c1-5-3-4-9(6(2)10)7(5)8(11)12/h5,7H,3-4H2,1-2H3,(H,11,12)/t5-,7-/m0/s1. The highest BCUT2D eigenvalue weighted by molar-refractivity contribution is 5.83. The topological polar surface area (TPSA) is 57.6 Å². The quantitative estimate of drug-likeness (QED) is 0.618. The van der Waals surface area contributed by atoms with Crippen LogP contribution in [0.4, 0.5) is 0 Å². The minimum atomic E-state index is -0.893. The molecule has 0 aromatic heterocycles. The van der Waals surface area contributed by atoms with Gasteiger partial charge in [0.25, 0.3) is 0 Å². The van der Waals surface area contributed by atoms with Gasteiger partial charge >= 0.3 is 5.97 Å². The van der Waals surface area contributed by atoms with Crippen LogP contribution < -0.4 is 0 Å². The van der Waals surface area contributed by atoms with E-state index in [1.807, 2.05) is 6.92 Å². The third-order valence-electron chi connectivity index (χ3n) is 2.36. The van der Waals surface area contributed by atoms with Gasteiger partial charge < -0.3 is 10.0 Å². The summed E-state index contributed by atoms with van der Waals surface area (Å²) in [5, 5.41) is 8.81. The summed E-state index contributed by atoms with van der Waals surface area (Å²) in [6.45, 7) is 3.85. The van der Waals surface area contributed by atoms with Crippen LogP contribution in [0.2, 0.25) is 0 Å². The Morgan fingerprint density at radius 3 is 2.42 bits per heavy atom. The van der Waals surface area contributed by atoms with Gasteiger partial charge in [-0.1, -0.05) is 6.92 Å². The number of carbonyl (C=O) groups excluding carboxylic acids is 1. The molecular weight excluding hydrogens is 158 g/mol. The van der Waals surface area contributed by atoms with Crippen LogP contribution in [0.1, 0.15) is 20.3 Å². The van der Waals surface area contributed by atoms with E-state index in [4.69, 9.17) is 5.11 Å². The summed E-state index contributed by atoms with van der Waals surface area (Å²) in [7, 11) is 0. The Morgan fingerprint density at radius 1 is 1.50 bits per heavy atom. The first-order valence-corrected chi connectivity index (χ1v) is 4.04. The maximum absolute atomic E-state index is 11.0. The van der Waals surface area contributed by atoms with Crippen molar-refractivity contribution in [2.24, 2.45) is 5.92 Å². The van der Waals surface area contributed by atoms with Gasteiger partial charge in [0.15, 0.2) is 0 Å². The first kappa shape index (κ1) is 9.03. The molecule has 12 heavy (non-hydrogen) atoms. The van der Waals surface area contributed by atoms with Gasteiger partial charge in [0, 0.05) is 13.5 Å². The first-order chi connectivity index (χ1) is 5.54. The van der Waals surface area contributed by atoms with Crippen LogP contribution in [0, 0.1) is 5.92 Å². The Bertz CT molecular complexity index is 214. The number of rotatable bonds is 1. The van der Waals surface area contributed by atoms with Crippen molar-refractivity contribution in [1.82, 2.24) is 4.90 Å². The number of carboxylic acids is 1. The number of carboxylic acid groups (broad SMARTS) is 1. The number of carbonyl (C=O) groups is 2. The Morgan fingerprint density at radius 2 is 2.08 bits per heavy atom. The van der Waals surface area contributed by atoms with Gasteiger partial charge in [-0.25, -0.2) is 4.79 Å². The fourth-order valence-electron chi connectivity index (χ4n) is 1.68. The van der Waals surface area contributed by atoms with Crippen molar-refractivity contribution in [2.75, 3.05) is 6.54 Å². The third kappa shape index (κ3) is 1.42. The molecule has 0 spiro atoms. The molecule has 0 unspecified atom stereocenters. The van der Waals surface area contributed by atoms with Gasteiger partial charge in [-0.2, -0.15) is 0 Å². The molecule has 1 aliphatic heterocycles. The monoisotopic (exact) mass is 171 g/mol. The van der Waals surface area contributed by atoms with Crippen LogP contribution in [-0.2, 0) is 9.59 Å². The number of nitrogens with zero attached hydrogens (tertiary/aromatic N) is 1. The van der Waals surface area contributed by atoms with Crippen LogP contribution in [0.25, 0.3) is 0 Å². The lowest BCUT2D eigenvalue weighted by Gasteiger charge is -2.21. The van der Waals surface area contributed by atoms with Crippen molar-refractivity contribution in [3.8, 4) is 0 Å². The predicted octanol–water partition coefficient (Wildman–Crippen LogP) is 0.328. The molecule has 0 bridgehead atoms. The molecule has 1 aliphatic rings. The summed E-state index contributed by atoms with van der Waals surface area (Å²) >= 11 is 0. The van der Waals surface area contributed by atoms with Gasteiger partial charge in [0.1, 0.15) is 6.04 Å². The molecule has 4 heteroatoms. The zero-order chi connectivity index (χ0) is 9.30. The second-order valence-electron chi connectivity index (χ2n) is 3.26. The number of amides is 1. The molecule has 0 radical (unpaired) electrons. The smallest absolute Gasteiger partial charge is 0.326 e. The highest BCUT2D eigenvalue weighted by atomic mass is 16.4. The highest BCUT2D eigenvalue weighted by Gasteiger charge is 2.37. The summed E-state index contributed by atoms with van der Waals surface area (Å²) in [6.07, 6.45) is 0.788. The van der Waals surface area contributed by atoms with Crippen LogP contribution in [0.3, 0.4) is 0 Å². The fourth-order valence-corrected chi connectivity index (χ4v) is 1.68. The average molecular weight is 171 g/mol. The van der Waals surface area contributed by atoms with Crippen LogP contribution in [-0.4, -0.2) is 34.5 Å². The van der Waals surface area contributed by atoms with Crippen molar-refractivity contribution in [3.63, 3.8) is 0 Å². The highest BCUT2D eigenvalue weighted by Crippen LogP contribution is 2.23. The zero-order valence-corrected chi connectivity index (χ0v) is 7.28.